The normalized spacial score (nSPS) is 23.2. The summed E-state index contributed by atoms with van der Waals surface area (Å²) in [7, 11) is 0. The van der Waals surface area contributed by atoms with Crippen LogP contribution < -0.4 is 5.32 Å². The molecule has 2 aliphatic rings. The minimum absolute atomic E-state index is 0.0308. The summed E-state index contributed by atoms with van der Waals surface area (Å²) in [6.07, 6.45) is 1.67. The van der Waals surface area contributed by atoms with Crippen molar-refractivity contribution in [3.63, 3.8) is 0 Å². The van der Waals surface area contributed by atoms with Crippen molar-refractivity contribution >= 4 is 17.7 Å². The molecule has 4 rings (SSSR count). The fourth-order valence-electron chi connectivity index (χ4n) is 3.86. The average molecular weight is 403 g/mol. The van der Waals surface area contributed by atoms with Crippen LogP contribution in [-0.2, 0) is 4.79 Å². The van der Waals surface area contributed by atoms with Crippen LogP contribution in [0.3, 0.4) is 0 Å². The van der Waals surface area contributed by atoms with Gasteiger partial charge < -0.3 is 5.32 Å². The van der Waals surface area contributed by atoms with E-state index in [1.165, 1.54) is 23.4 Å². The zero-order chi connectivity index (χ0) is 20.5. The largest absolute Gasteiger partial charge is 0.442 e. The lowest BCUT2D eigenvalue weighted by molar-refractivity contribution is -0.186. The van der Waals surface area contributed by atoms with E-state index in [0.29, 0.717) is 18.4 Å². The Balaban J connectivity index is 1.84. The highest BCUT2D eigenvalue weighted by molar-refractivity contribution is 6.16. The highest BCUT2D eigenvalue weighted by atomic mass is 19.4. The van der Waals surface area contributed by atoms with Gasteiger partial charge in [-0.1, -0.05) is 49.6 Å². The van der Waals surface area contributed by atoms with E-state index in [1.54, 1.807) is 30.3 Å². The molecular weight excluding hydrogens is 383 g/mol. The van der Waals surface area contributed by atoms with Gasteiger partial charge in [-0.3, -0.25) is 9.69 Å². The van der Waals surface area contributed by atoms with E-state index in [1.807, 2.05) is 0 Å². The Morgan fingerprint density at radius 1 is 1.00 bits per heavy atom. The minimum Gasteiger partial charge on any atom is -0.314 e. The molecule has 0 radical (unpaired) electrons. The first-order valence-corrected chi connectivity index (χ1v) is 9.53. The number of anilines is 1. The summed E-state index contributed by atoms with van der Waals surface area (Å²) >= 11 is 0. The zero-order valence-corrected chi connectivity index (χ0v) is 15.6. The van der Waals surface area contributed by atoms with Gasteiger partial charge in [0.2, 0.25) is 5.95 Å². The lowest BCUT2D eigenvalue weighted by Gasteiger charge is -2.34. The van der Waals surface area contributed by atoms with Gasteiger partial charge in [0.1, 0.15) is 5.84 Å². The zero-order valence-electron chi connectivity index (χ0n) is 15.6. The lowest BCUT2D eigenvalue weighted by Crippen LogP contribution is -2.59. The highest BCUT2D eigenvalue weighted by Crippen LogP contribution is 2.42. The number of alkyl halides is 3. The van der Waals surface area contributed by atoms with Crippen LogP contribution in [0.2, 0.25) is 0 Å². The third-order valence-electron chi connectivity index (χ3n) is 5.27. The molecule has 1 unspecified atom stereocenters. The standard InChI is InChI=1S/C20H20F3N5O/c21-20(22,23)19(27-18-24-12-7-13-25-18)17(29)28(15-10-5-2-6-11-15)16(26-19)14-8-3-1-4-9-14/h1,3-4,7-9,12-13,15H,2,5-6,10-11H2,(H,24,25,27). The van der Waals surface area contributed by atoms with Crippen molar-refractivity contribution in [2.45, 2.75) is 50.0 Å². The van der Waals surface area contributed by atoms with Crippen LogP contribution >= 0.6 is 0 Å². The van der Waals surface area contributed by atoms with Crippen LogP contribution in [0.15, 0.2) is 53.8 Å². The number of benzene rings is 1. The van der Waals surface area contributed by atoms with Crippen molar-refractivity contribution in [3.05, 3.63) is 54.4 Å². The van der Waals surface area contributed by atoms with Crippen molar-refractivity contribution in [2.24, 2.45) is 4.99 Å². The van der Waals surface area contributed by atoms with Crippen molar-refractivity contribution in [1.29, 1.82) is 0 Å². The summed E-state index contributed by atoms with van der Waals surface area (Å²) in [6.45, 7) is 0. The number of nitrogens with one attached hydrogen (secondary N) is 1. The molecule has 152 valence electrons. The van der Waals surface area contributed by atoms with Crippen molar-refractivity contribution in [3.8, 4) is 0 Å². The number of amides is 1. The second-order valence-corrected chi connectivity index (χ2v) is 7.17. The number of hydrogen-bond donors (Lipinski definition) is 1. The van der Waals surface area contributed by atoms with Crippen molar-refractivity contribution < 1.29 is 18.0 Å². The Labute approximate surface area is 165 Å². The monoisotopic (exact) mass is 403 g/mol. The van der Waals surface area contributed by atoms with Crippen LogP contribution in [0.25, 0.3) is 0 Å². The lowest BCUT2D eigenvalue weighted by atomic mass is 9.93. The fourth-order valence-corrected chi connectivity index (χ4v) is 3.86. The first kappa shape index (κ1) is 19.4. The number of nitrogens with zero attached hydrogens (tertiary/aromatic N) is 4. The summed E-state index contributed by atoms with van der Waals surface area (Å²) in [4.78, 5) is 26.2. The van der Waals surface area contributed by atoms with Gasteiger partial charge in [-0.15, -0.1) is 0 Å². The predicted molar refractivity (Wildman–Crippen MR) is 101 cm³/mol. The molecule has 1 atom stereocenters. The van der Waals surface area contributed by atoms with Crippen LogP contribution in [0.4, 0.5) is 19.1 Å². The third kappa shape index (κ3) is 3.45. The maximum Gasteiger partial charge on any atom is 0.442 e. The second-order valence-electron chi connectivity index (χ2n) is 7.17. The molecule has 1 saturated carbocycles. The summed E-state index contributed by atoms with van der Waals surface area (Å²) in [5.41, 5.74) is -2.69. The van der Waals surface area contributed by atoms with E-state index in [9.17, 15) is 18.0 Å². The molecule has 2 heterocycles. The topological polar surface area (TPSA) is 70.5 Å². The number of aromatic nitrogens is 2. The van der Waals surface area contributed by atoms with Crippen LogP contribution in [0.1, 0.15) is 37.7 Å². The van der Waals surface area contributed by atoms with E-state index in [2.05, 4.69) is 20.3 Å². The van der Waals surface area contributed by atoms with Crippen molar-refractivity contribution in [1.82, 2.24) is 14.9 Å². The Morgan fingerprint density at radius 2 is 1.66 bits per heavy atom. The van der Waals surface area contributed by atoms with Gasteiger partial charge in [-0.05, 0) is 18.9 Å². The molecule has 29 heavy (non-hydrogen) atoms. The Hall–Kier alpha value is -2.97. The van der Waals surface area contributed by atoms with Crippen LogP contribution in [0.5, 0.6) is 0 Å². The molecular formula is C20H20F3N5O. The van der Waals surface area contributed by atoms with Crippen LogP contribution in [-0.4, -0.2) is 44.5 Å². The quantitative estimate of drug-likeness (QED) is 0.844. The fraction of sp³-hybridized carbons (Fsp3) is 0.400. The van der Waals surface area contributed by atoms with E-state index < -0.39 is 17.7 Å². The number of halogens is 3. The summed E-state index contributed by atoms with van der Waals surface area (Å²) < 4.78 is 42.9. The molecule has 0 spiro atoms. The van der Waals surface area contributed by atoms with E-state index in [-0.39, 0.29) is 17.8 Å². The third-order valence-corrected chi connectivity index (χ3v) is 5.27. The second kappa shape index (κ2) is 7.46. The molecule has 1 N–H and O–H groups in total. The number of aliphatic imine (C=N–C) groups is 1. The predicted octanol–water partition coefficient (Wildman–Crippen LogP) is 3.77. The number of carbonyl (C=O) groups excluding carboxylic acids is 1. The molecule has 9 heteroatoms. The van der Waals surface area contributed by atoms with Gasteiger partial charge >= 0.3 is 11.8 Å². The first-order chi connectivity index (χ1) is 13.9. The SMILES string of the molecule is O=C1N(C2CCCCC2)C(c2ccccc2)=NC1(Nc1ncccn1)C(F)(F)F. The minimum atomic E-state index is -4.98. The number of carbonyl (C=O) groups is 1. The van der Waals surface area contributed by atoms with E-state index in [4.69, 9.17) is 0 Å². The number of hydrogen-bond acceptors (Lipinski definition) is 5. The highest BCUT2D eigenvalue weighted by Gasteiger charge is 2.67. The average Bonchev–Trinajstić information content (AvgIpc) is 3.03. The maximum atomic E-state index is 14.3. The Morgan fingerprint density at radius 3 is 2.28 bits per heavy atom. The Bertz CT molecular complexity index is 897. The van der Waals surface area contributed by atoms with Gasteiger partial charge in [-0.2, -0.15) is 13.2 Å². The number of rotatable bonds is 4. The maximum absolute atomic E-state index is 14.3. The molecule has 6 nitrogen and oxygen atoms in total. The molecule has 2 aromatic rings. The summed E-state index contributed by atoms with van der Waals surface area (Å²) in [6, 6.07) is 9.66. The smallest absolute Gasteiger partial charge is 0.314 e. The molecule has 1 aliphatic carbocycles. The summed E-state index contributed by atoms with van der Waals surface area (Å²) in [5, 5.41) is 2.19. The molecule has 1 fully saturated rings. The van der Waals surface area contributed by atoms with Gasteiger partial charge in [0.05, 0.1) is 0 Å². The van der Waals surface area contributed by atoms with E-state index >= 15 is 0 Å². The molecule has 1 aromatic heterocycles. The first-order valence-electron chi connectivity index (χ1n) is 9.53. The molecule has 1 aliphatic heterocycles. The van der Waals surface area contributed by atoms with Gasteiger partial charge in [0, 0.05) is 24.0 Å². The van der Waals surface area contributed by atoms with Gasteiger partial charge in [-0.25, -0.2) is 15.0 Å². The van der Waals surface area contributed by atoms with Gasteiger partial charge in [0.15, 0.2) is 0 Å². The molecule has 0 bridgehead atoms. The van der Waals surface area contributed by atoms with E-state index in [0.717, 1.165) is 19.3 Å². The van der Waals surface area contributed by atoms with Crippen molar-refractivity contribution in [2.75, 3.05) is 5.32 Å². The molecule has 0 saturated heterocycles. The van der Waals surface area contributed by atoms with Gasteiger partial charge in [0.25, 0.3) is 5.91 Å². The molecule has 1 amide bonds. The summed E-state index contributed by atoms with van der Waals surface area (Å²) in [5.74, 6) is -1.41. The Kier molecular flexibility index (Phi) is 4.97. The number of amidine groups is 1. The molecule has 1 aromatic carbocycles. The van der Waals surface area contributed by atoms with Crippen LogP contribution in [0, 0.1) is 0 Å².